The molecule has 0 aliphatic rings. The Labute approximate surface area is 155 Å². The van der Waals surface area contributed by atoms with Crippen molar-refractivity contribution in [3.63, 3.8) is 0 Å². The lowest BCUT2D eigenvalue weighted by atomic mass is 10.2. The van der Waals surface area contributed by atoms with Crippen molar-refractivity contribution in [3.8, 4) is 5.69 Å². The van der Waals surface area contributed by atoms with Crippen LogP contribution in [0.1, 0.15) is 39.0 Å². The molecule has 0 fully saturated rings. The molecule has 0 aliphatic heterocycles. The number of carbonyl (C=O) groups is 2. The molecule has 3 rings (SSSR count). The molecule has 10 heteroatoms. The second-order valence-corrected chi connectivity index (χ2v) is 6.51. The molecule has 1 N–H and O–H groups in total. The SMILES string of the molecule is CC(=O)c1csc(NC(=O)c2cnn(-c3cccc(C(F)(F)F)c3)c2C)n1. The number of hydrogen-bond donors (Lipinski definition) is 1. The van der Waals surface area contributed by atoms with Gasteiger partial charge in [0, 0.05) is 12.3 Å². The molecular weight excluding hydrogens is 381 g/mol. The standard InChI is InChI=1S/C17H13F3N4O2S/c1-9-13(15(26)23-16-22-14(8-27-16)10(2)25)7-21-24(9)12-5-3-4-11(6-12)17(18,19)20/h3-8H,1-2H3,(H,22,23,26). The van der Waals surface area contributed by atoms with Crippen molar-refractivity contribution in [2.45, 2.75) is 20.0 Å². The summed E-state index contributed by atoms with van der Waals surface area (Å²) < 4.78 is 39.9. The van der Waals surface area contributed by atoms with Gasteiger partial charge in [0.1, 0.15) is 5.69 Å². The Morgan fingerprint density at radius 2 is 2.00 bits per heavy atom. The minimum absolute atomic E-state index is 0.187. The summed E-state index contributed by atoms with van der Waals surface area (Å²) in [5.74, 6) is -0.740. The Hall–Kier alpha value is -3.01. The van der Waals surface area contributed by atoms with Crippen molar-refractivity contribution in [1.82, 2.24) is 14.8 Å². The van der Waals surface area contributed by atoms with Crippen molar-refractivity contribution >= 4 is 28.2 Å². The number of halogens is 3. The first-order valence-electron chi connectivity index (χ1n) is 7.67. The van der Waals surface area contributed by atoms with Crippen molar-refractivity contribution in [2.75, 3.05) is 5.32 Å². The summed E-state index contributed by atoms with van der Waals surface area (Å²) in [4.78, 5) is 27.7. The maximum absolute atomic E-state index is 12.9. The van der Waals surface area contributed by atoms with E-state index in [1.807, 2.05) is 0 Å². The molecular formula is C17H13F3N4O2S. The van der Waals surface area contributed by atoms with E-state index in [9.17, 15) is 22.8 Å². The van der Waals surface area contributed by atoms with Crippen molar-refractivity contribution in [2.24, 2.45) is 0 Å². The van der Waals surface area contributed by atoms with Gasteiger partial charge in [0.2, 0.25) is 0 Å². The largest absolute Gasteiger partial charge is 0.416 e. The molecule has 0 saturated carbocycles. The summed E-state index contributed by atoms with van der Waals surface area (Å²) in [7, 11) is 0. The second-order valence-electron chi connectivity index (χ2n) is 5.65. The molecule has 1 amide bonds. The van der Waals surface area contributed by atoms with Crippen LogP contribution in [0.5, 0.6) is 0 Å². The lowest BCUT2D eigenvalue weighted by Gasteiger charge is -2.10. The Morgan fingerprint density at radius 1 is 1.26 bits per heavy atom. The second kappa shape index (κ2) is 6.95. The molecule has 0 radical (unpaired) electrons. The van der Waals surface area contributed by atoms with Crippen LogP contribution in [-0.4, -0.2) is 26.5 Å². The third kappa shape index (κ3) is 3.90. The summed E-state index contributed by atoms with van der Waals surface area (Å²) in [6, 6.07) is 4.67. The van der Waals surface area contributed by atoms with Gasteiger partial charge in [-0.3, -0.25) is 14.9 Å². The van der Waals surface area contributed by atoms with Gasteiger partial charge in [-0.25, -0.2) is 9.67 Å². The lowest BCUT2D eigenvalue weighted by molar-refractivity contribution is -0.137. The molecule has 0 aliphatic carbocycles. The average Bonchev–Trinajstić information content (AvgIpc) is 3.21. The van der Waals surface area contributed by atoms with E-state index in [0.29, 0.717) is 5.69 Å². The van der Waals surface area contributed by atoms with E-state index in [2.05, 4.69) is 15.4 Å². The first-order chi connectivity index (χ1) is 12.7. The quantitative estimate of drug-likeness (QED) is 0.676. The first kappa shape index (κ1) is 18.8. The highest BCUT2D eigenvalue weighted by molar-refractivity contribution is 7.14. The van der Waals surface area contributed by atoms with Crippen LogP contribution in [0.15, 0.2) is 35.8 Å². The number of benzene rings is 1. The number of amides is 1. The van der Waals surface area contributed by atoms with E-state index in [0.717, 1.165) is 23.5 Å². The molecule has 2 heterocycles. The monoisotopic (exact) mass is 394 g/mol. The Bertz CT molecular complexity index is 1020. The summed E-state index contributed by atoms with van der Waals surface area (Å²) in [6.07, 6.45) is -3.21. The summed E-state index contributed by atoms with van der Waals surface area (Å²) >= 11 is 1.10. The van der Waals surface area contributed by atoms with Gasteiger partial charge >= 0.3 is 6.18 Å². The fourth-order valence-electron chi connectivity index (χ4n) is 2.36. The number of ketones is 1. The Morgan fingerprint density at radius 3 is 2.63 bits per heavy atom. The van der Waals surface area contributed by atoms with E-state index in [-0.39, 0.29) is 27.9 Å². The average molecular weight is 394 g/mol. The first-order valence-corrected chi connectivity index (χ1v) is 8.55. The number of thiazole rings is 1. The van der Waals surface area contributed by atoms with Gasteiger partial charge in [0.05, 0.1) is 28.7 Å². The highest BCUT2D eigenvalue weighted by Crippen LogP contribution is 2.30. The molecule has 0 spiro atoms. The highest BCUT2D eigenvalue weighted by atomic mass is 32.1. The predicted octanol–water partition coefficient (Wildman–Crippen LogP) is 4.11. The van der Waals surface area contributed by atoms with Crippen LogP contribution < -0.4 is 5.32 Å². The van der Waals surface area contributed by atoms with Gasteiger partial charge in [0.25, 0.3) is 5.91 Å². The van der Waals surface area contributed by atoms with E-state index in [4.69, 9.17) is 0 Å². The number of hydrogen-bond acceptors (Lipinski definition) is 5. The topological polar surface area (TPSA) is 76.9 Å². The molecule has 0 unspecified atom stereocenters. The van der Waals surface area contributed by atoms with Crippen LogP contribution in [0.2, 0.25) is 0 Å². The molecule has 0 atom stereocenters. The third-order valence-corrected chi connectivity index (χ3v) is 4.52. The Kier molecular flexibility index (Phi) is 4.83. The van der Waals surface area contributed by atoms with E-state index < -0.39 is 17.6 Å². The van der Waals surface area contributed by atoms with Crippen molar-refractivity contribution in [3.05, 3.63) is 58.4 Å². The van der Waals surface area contributed by atoms with Crippen molar-refractivity contribution < 1.29 is 22.8 Å². The number of anilines is 1. The normalized spacial score (nSPS) is 11.4. The maximum atomic E-state index is 12.9. The fourth-order valence-corrected chi connectivity index (χ4v) is 3.11. The Balaban J connectivity index is 1.86. The van der Waals surface area contributed by atoms with Crippen molar-refractivity contribution in [1.29, 1.82) is 0 Å². The highest BCUT2D eigenvalue weighted by Gasteiger charge is 2.30. The third-order valence-electron chi connectivity index (χ3n) is 3.76. The predicted molar refractivity (Wildman–Crippen MR) is 93.4 cm³/mol. The molecule has 27 heavy (non-hydrogen) atoms. The molecule has 0 saturated heterocycles. The van der Waals surface area contributed by atoms with Crippen LogP contribution in [0.25, 0.3) is 5.69 Å². The molecule has 1 aromatic carbocycles. The summed E-state index contributed by atoms with van der Waals surface area (Å²) in [6.45, 7) is 2.94. The van der Waals surface area contributed by atoms with Gasteiger partial charge in [0.15, 0.2) is 10.9 Å². The van der Waals surface area contributed by atoms with Crippen LogP contribution in [0.4, 0.5) is 18.3 Å². The maximum Gasteiger partial charge on any atom is 0.416 e. The lowest BCUT2D eigenvalue weighted by Crippen LogP contribution is -2.13. The van der Waals surface area contributed by atoms with E-state index in [1.54, 1.807) is 6.92 Å². The van der Waals surface area contributed by atoms with E-state index in [1.165, 1.54) is 35.3 Å². The van der Waals surface area contributed by atoms with Gasteiger partial charge in [-0.05, 0) is 25.1 Å². The summed E-state index contributed by atoms with van der Waals surface area (Å²) in [5.41, 5.74) is 0.184. The molecule has 0 bridgehead atoms. The van der Waals surface area contributed by atoms with Crippen LogP contribution in [0, 0.1) is 6.92 Å². The number of nitrogens with zero attached hydrogens (tertiary/aromatic N) is 3. The van der Waals surface area contributed by atoms with Gasteiger partial charge in [-0.15, -0.1) is 11.3 Å². The number of nitrogens with one attached hydrogen (secondary N) is 1. The number of alkyl halides is 3. The van der Waals surface area contributed by atoms with Crippen LogP contribution >= 0.6 is 11.3 Å². The number of aromatic nitrogens is 3. The number of Topliss-reactive ketones (excluding diaryl/α,β-unsaturated/α-hetero) is 1. The fraction of sp³-hybridized carbons (Fsp3) is 0.176. The van der Waals surface area contributed by atoms with Crippen LogP contribution in [0.3, 0.4) is 0 Å². The number of carbonyl (C=O) groups excluding carboxylic acids is 2. The zero-order valence-corrected chi connectivity index (χ0v) is 15.0. The van der Waals surface area contributed by atoms with Gasteiger partial charge in [-0.2, -0.15) is 18.3 Å². The zero-order chi connectivity index (χ0) is 19.8. The minimum Gasteiger partial charge on any atom is -0.298 e. The molecule has 6 nitrogen and oxygen atoms in total. The van der Waals surface area contributed by atoms with Gasteiger partial charge < -0.3 is 0 Å². The minimum atomic E-state index is -4.48. The smallest absolute Gasteiger partial charge is 0.298 e. The van der Waals surface area contributed by atoms with Crippen LogP contribution in [-0.2, 0) is 6.18 Å². The molecule has 2 aromatic heterocycles. The summed E-state index contributed by atoms with van der Waals surface area (Å²) in [5, 5.41) is 8.35. The zero-order valence-electron chi connectivity index (χ0n) is 14.2. The van der Waals surface area contributed by atoms with Gasteiger partial charge in [-0.1, -0.05) is 6.07 Å². The molecule has 3 aromatic rings. The number of rotatable bonds is 4. The van der Waals surface area contributed by atoms with E-state index >= 15 is 0 Å². The molecule has 140 valence electrons.